The van der Waals surface area contributed by atoms with Gasteiger partial charge in [0, 0.05) is 11.8 Å². The quantitative estimate of drug-likeness (QED) is 0.293. The van der Waals surface area contributed by atoms with Gasteiger partial charge in [-0.2, -0.15) is 0 Å². The minimum absolute atomic E-state index is 0.0483. The van der Waals surface area contributed by atoms with Gasteiger partial charge in [0.2, 0.25) is 0 Å². The van der Waals surface area contributed by atoms with E-state index in [9.17, 15) is 0 Å². The third-order valence-electron chi connectivity index (χ3n) is 6.85. The second kappa shape index (κ2) is 10.3. The summed E-state index contributed by atoms with van der Waals surface area (Å²) in [6.07, 6.45) is 4.13. The fraction of sp³-hybridized carbons (Fsp3) is 0.500. The molecule has 2 N–H and O–H groups in total. The van der Waals surface area contributed by atoms with Crippen LogP contribution in [0.25, 0.3) is 0 Å². The van der Waals surface area contributed by atoms with Crippen molar-refractivity contribution in [1.29, 1.82) is 0 Å². The molecule has 1 unspecified atom stereocenters. The van der Waals surface area contributed by atoms with Crippen LogP contribution in [0.3, 0.4) is 0 Å². The van der Waals surface area contributed by atoms with E-state index in [4.69, 9.17) is 10.7 Å². The molecule has 0 saturated heterocycles. The summed E-state index contributed by atoms with van der Waals surface area (Å²) in [5, 5.41) is 0. The summed E-state index contributed by atoms with van der Waals surface area (Å²) in [6.45, 7) is 15.9. The minimum Gasteiger partial charge on any atom is -0.322 e. The van der Waals surface area contributed by atoms with E-state index in [1.54, 1.807) is 0 Å². The molecular weight excluding hydrogens is 378 g/mol. The van der Waals surface area contributed by atoms with Gasteiger partial charge in [-0.3, -0.25) is 0 Å². The molecule has 2 rings (SSSR count). The maximum atomic E-state index is 6.44. The Morgan fingerprint density at radius 2 is 1.58 bits per heavy atom. The van der Waals surface area contributed by atoms with E-state index in [1.165, 1.54) is 11.1 Å². The highest BCUT2D eigenvalue weighted by atomic mass is 15.1. The van der Waals surface area contributed by atoms with E-state index < -0.39 is 0 Å². The lowest BCUT2D eigenvalue weighted by atomic mass is 9.58. The van der Waals surface area contributed by atoms with E-state index in [1.807, 2.05) is 13.1 Å². The van der Waals surface area contributed by atoms with Crippen molar-refractivity contribution >= 4 is 17.4 Å². The van der Waals surface area contributed by atoms with Crippen LogP contribution in [0.4, 0.5) is 5.69 Å². The monoisotopic (exact) mass is 420 g/mol. The Bertz CT molecular complexity index is 947. The Kier molecular flexibility index (Phi) is 8.22. The topological polar surface area (TPSA) is 41.4 Å². The van der Waals surface area contributed by atoms with Crippen LogP contribution in [-0.4, -0.2) is 23.3 Å². The molecule has 168 valence electrons. The van der Waals surface area contributed by atoms with Gasteiger partial charge in [0.15, 0.2) is 5.84 Å². The van der Waals surface area contributed by atoms with Crippen molar-refractivity contribution in [2.75, 3.05) is 7.05 Å². The second-order valence-corrected chi connectivity index (χ2v) is 9.61. The molecule has 0 heterocycles. The molecule has 3 nitrogen and oxygen atoms in total. The summed E-state index contributed by atoms with van der Waals surface area (Å²) in [5.41, 5.74) is 11.3. The second-order valence-electron chi connectivity index (χ2n) is 9.61. The number of aliphatic imine (C=N–C) groups is 1. The van der Waals surface area contributed by atoms with Crippen LogP contribution in [0.5, 0.6) is 0 Å². The summed E-state index contributed by atoms with van der Waals surface area (Å²) in [7, 11) is 2.04. The zero-order chi connectivity index (χ0) is 23.2. The van der Waals surface area contributed by atoms with Gasteiger partial charge in [-0.05, 0) is 48.4 Å². The van der Waals surface area contributed by atoms with Crippen molar-refractivity contribution in [2.45, 2.75) is 79.6 Å². The molecule has 0 aliphatic heterocycles. The number of amidine groups is 2. The molecule has 0 fully saturated rings. The first-order valence-corrected chi connectivity index (χ1v) is 11.7. The Morgan fingerprint density at radius 1 is 0.968 bits per heavy atom. The number of benzene rings is 2. The Labute approximate surface area is 190 Å². The molecule has 2 aromatic rings. The first-order chi connectivity index (χ1) is 14.6. The molecule has 0 bridgehead atoms. The van der Waals surface area contributed by atoms with Crippen LogP contribution in [-0.2, 0) is 5.41 Å². The lowest BCUT2D eigenvalue weighted by Crippen LogP contribution is -2.42. The molecule has 3 heteroatoms. The molecule has 0 aromatic heterocycles. The van der Waals surface area contributed by atoms with Crippen LogP contribution < -0.4 is 5.73 Å². The summed E-state index contributed by atoms with van der Waals surface area (Å²) < 4.78 is 2.07. The zero-order valence-electron chi connectivity index (χ0n) is 20.9. The first-order valence-electron chi connectivity index (χ1n) is 11.7. The standard InChI is InChI=1S/C28H41N3/c1-9-20-28(11-3,27(5,6)7)23-18-14-13-17-22(23)26(31(8)25(29)10-2)30-24-19-15-12-16-21(24)4/h12-19,29H,9-11,20H2,1-8H3/p+1. The molecule has 1 atom stereocenters. The number of para-hydroxylation sites is 1. The molecular formula is C28H42N3+. The van der Waals surface area contributed by atoms with Crippen molar-refractivity contribution in [1.82, 2.24) is 0 Å². The number of nitrogens with zero attached hydrogens (tertiary/aromatic N) is 2. The summed E-state index contributed by atoms with van der Waals surface area (Å²) in [5.74, 6) is 1.73. The van der Waals surface area contributed by atoms with Crippen LogP contribution in [0, 0.1) is 12.3 Å². The maximum Gasteiger partial charge on any atom is 0.270 e. The summed E-state index contributed by atoms with van der Waals surface area (Å²) in [6, 6.07) is 17.1. The molecule has 0 spiro atoms. The van der Waals surface area contributed by atoms with Crippen molar-refractivity contribution in [3.8, 4) is 0 Å². The van der Waals surface area contributed by atoms with Crippen molar-refractivity contribution in [3.05, 3.63) is 65.2 Å². The lowest BCUT2D eigenvalue weighted by Gasteiger charge is -2.46. The predicted octanol–water partition coefficient (Wildman–Crippen LogP) is 6.98. The van der Waals surface area contributed by atoms with Gasteiger partial charge in [0.05, 0.1) is 12.6 Å². The van der Waals surface area contributed by atoms with Crippen molar-refractivity contribution in [2.24, 2.45) is 16.1 Å². The van der Waals surface area contributed by atoms with Gasteiger partial charge in [0.1, 0.15) is 5.69 Å². The number of nitrogens with two attached hydrogens (primary N) is 1. The maximum absolute atomic E-state index is 6.44. The van der Waals surface area contributed by atoms with Crippen LogP contribution in [0.15, 0.2) is 53.5 Å². The van der Waals surface area contributed by atoms with Crippen LogP contribution in [0.1, 0.15) is 83.9 Å². The molecule has 31 heavy (non-hydrogen) atoms. The number of hydrogen-bond acceptors (Lipinski definition) is 1. The molecule has 2 aromatic carbocycles. The first kappa shape index (κ1) is 24.8. The fourth-order valence-corrected chi connectivity index (χ4v) is 4.83. The average Bonchev–Trinajstić information content (AvgIpc) is 2.75. The predicted molar refractivity (Wildman–Crippen MR) is 136 cm³/mol. The molecule has 0 aliphatic rings. The largest absolute Gasteiger partial charge is 0.322 e. The Balaban J connectivity index is 2.91. The van der Waals surface area contributed by atoms with E-state index in [0.717, 1.165) is 48.6 Å². The van der Waals surface area contributed by atoms with E-state index in [-0.39, 0.29) is 10.8 Å². The number of hydrogen-bond donors (Lipinski definition) is 1. The molecule has 0 saturated carbocycles. The van der Waals surface area contributed by atoms with Gasteiger partial charge in [-0.1, -0.05) is 84.4 Å². The molecule has 0 radical (unpaired) electrons. The van der Waals surface area contributed by atoms with Gasteiger partial charge in [-0.15, -0.1) is 4.99 Å². The third kappa shape index (κ3) is 5.08. The highest BCUT2D eigenvalue weighted by molar-refractivity contribution is 5.99. The summed E-state index contributed by atoms with van der Waals surface area (Å²) in [4.78, 5) is 5.19. The third-order valence-corrected chi connectivity index (χ3v) is 6.85. The van der Waals surface area contributed by atoms with E-state index in [2.05, 4.69) is 95.5 Å². The van der Waals surface area contributed by atoms with E-state index >= 15 is 0 Å². The van der Waals surface area contributed by atoms with Crippen molar-refractivity contribution in [3.63, 3.8) is 0 Å². The highest BCUT2D eigenvalue weighted by Crippen LogP contribution is 2.49. The number of rotatable bonds is 7. The minimum atomic E-state index is 0.0483. The molecule has 0 aliphatic carbocycles. The zero-order valence-corrected chi connectivity index (χ0v) is 20.9. The van der Waals surface area contributed by atoms with Gasteiger partial charge in [0.25, 0.3) is 5.84 Å². The lowest BCUT2D eigenvalue weighted by molar-refractivity contribution is -0.372. The fourth-order valence-electron chi connectivity index (χ4n) is 4.83. The normalized spacial score (nSPS) is 15.4. The highest BCUT2D eigenvalue weighted by Gasteiger charge is 2.43. The average molecular weight is 421 g/mol. The van der Waals surface area contributed by atoms with Gasteiger partial charge >= 0.3 is 0 Å². The van der Waals surface area contributed by atoms with E-state index in [0.29, 0.717) is 0 Å². The smallest absolute Gasteiger partial charge is 0.270 e. The summed E-state index contributed by atoms with van der Waals surface area (Å²) >= 11 is 0. The van der Waals surface area contributed by atoms with Crippen LogP contribution in [0.2, 0.25) is 0 Å². The molecule has 0 amide bonds. The van der Waals surface area contributed by atoms with Crippen LogP contribution >= 0.6 is 0 Å². The Hall–Kier alpha value is -2.42. The Morgan fingerprint density at radius 3 is 2.13 bits per heavy atom. The SMILES string of the molecule is CCCC(CC)(c1ccccc1C(=Nc1ccccc1C)[N+](C)=C(N)CC)C(C)(C)C. The van der Waals surface area contributed by atoms with Gasteiger partial charge < -0.3 is 5.73 Å². The van der Waals surface area contributed by atoms with Crippen molar-refractivity contribution < 1.29 is 4.58 Å². The number of aryl methyl sites for hydroxylation is 1. The van der Waals surface area contributed by atoms with Gasteiger partial charge in [-0.25, -0.2) is 4.58 Å².